The van der Waals surface area contributed by atoms with Crippen molar-refractivity contribution in [2.75, 3.05) is 6.54 Å². The summed E-state index contributed by atoms with van der Waals surface area (Å²) in [4.78, 5) is 31.5. The van der Waals surface area contributed by atoms with E-state index in [1.807, 2.05) is 13.0 Å². The molecule has 0 aliphatic carbocycles. The van der Waals surface area contributed by atoms with E-state index in [4.69, 9.17) is 4.74 Å². The molecule has 2 aromatic rings. The van der Waals surface area contributed by atoms with Crippen molar-refractivity contribution >= 4 is 23.3 Å². The molecule has 2 heterocycles. The van der Waals surface area contributed by atoms with E-state index in [1.165, 1.54) is 16.2 Å². The van der Waals surface area contributed by atoms with E-state index in [0.29, 0.717) is 5.56 Å². The lowest BCUT2D eigenvalue weighted by atomic mass is 10.1. The van der Waals surface area contributed by atoms with Gasteiger partial charge >= 0.3 is 6.09 Å². The number of nitrogens with zero attached hydrogens (tertiary/aromatic N) is 2. The average molecular weight is 434 g/mol. The molecule has 2 amide bonds. The average Bonchev–Trinajstić information content (AvgIpc) is 3.24. The number of nitrogens with one attached hydrogen (secondary N) is 1. The molecule has 1 fully saturated rings. The third kappa shape index (κ3) is 5.09. The molecule has 0 radical (unpaired) electrons. The van der Waals surface area contributed by atoms with Crippen molar-refractivity contribution in [3.05, 3.63) is 35.0 Å². The van der Waals surface area contributed by atoms with Crippen LogP contribution in [0.15, 0.2) is 23.7 Å². The van der Waals surface area contributed by atoms with Gasteiger partial charge in [-0.05, 0) is 39.3 Å². The number of aromatic hydroxyl groups is 1. The molecule has 0 spiro atoms. The van der Waals surface area contributed by atoms with Crippen molar-refractivity contribution < 1.29 is 24.5 Å². The van der Waals surface area contributed by atoms with Crippen LogP contribution in [0.25, 0.3) is 10.4 Å². The zero-order valence-corrected chi connectivity index (χ0v) is 18.3. The molecule has 162 valence electrons. The lowest BCUT2D eigenvalue weighted by Crippen LogP contribution is -2.47. The molecule has 1 aliphatic rings. The van der Waals surface area contributed by atoms with Gasteiger partial charge in [0.2, 0.25) is 5.91 Å². The van der Waals surface area contributed by atoms with Gasteiger partial charge in [0.1, 0.15) is 17.4 Å². The summed E-state index contributed by atoms with van der Waals surface area (Å²) in [7, 11) is 0. The summed E-state index contributed by atoms with van der Waals surface area (Å²) in [6.07, 6.45) is -1.28. The number of β-amino-alcohol motifs (C(OH)–C–C–N with tert-alkyl or cyclic N) is 1. The molecule has 2 unspecified atom stereocenters. The van der Waals surface area contributed by atoms with Gasteiger partial charge in [0.05, 0.1) is 28.7 Å². The Balaban J connectivity index is 1.65. The zero-order chi connectivity index (χ0) is 22.1. The first-order valence-corrected chi connectivity index (χ1v) is 10.6. The van der Waals surface area contributed by atoms with E-state index in [-0.39, 0.29) is 25.3 Å². The van der Waals surface area contributed by atoms with Gasteiger partial charge in [-0.3, -0.25) is 9.69 Å². The smallest absolute Gasteiger partial charge is 0.411 e. The molecule has 8 nitrogen and oxygen atoms in total. The van der Waals surface area contributed by atoms with Gasteiger partial charge in [0, 0.05) is 18.5 Å². The normalized spacial score (nSPS) is 19.0. The number of thiazole rings is 1. The summed E-state index contributed by atoms with van der Waals surface area (Å²) in [5, 5.41) is 23.1. The fraction of sp³-hybridized carbons (Fsp3) is 0.476. The number of aliphatic hydroxyl groups excluding tert-OH is 1. The van der Waals surface area contributed by atoms with Crippen LogP contribution in [0.1, 0.15) is 38.4 Å². The molecule has 3 N–H and O–H groups in total. The van der Waals surface area contributed by atoms with Crippen LogP contribution < -0.4 is 5.32 Å². The SMILES string of the molecule is Cc1ncsc1-c1ccc(CNC(=O)C2CC(O)CN2C(=O)OC(C)(C)C)c(O)c1. The Morgan fingerprint density at radius 3 is 2.70 bits per heavy atom. The number of aliphatic hydroxyl groups is 1. The predicted octanol–water partition coefficient (Wildman–Crippen LogP) is 2.81. The number of aromatic nitrogens is 1. The number of rotatable bonds is 4. The third-order valence-electron chi connectivity index (χ3n) is 4.76. The highest BCUT2D eigenvalue weighted by atomic mass is 32.1. The van der Waals surface area contributed by atoms with Gasteiger partial charge in [0.15, 0.2) is 0 Å². The number of benzene rings is 1. The summed E-state index contributed by atoms with van der Waals surface area (Å²) in [5.74, 6) is -0.338. The van der Waals surface area contributed by atoms with Gasteiger partial charge in [-0.1, -0.05) is 12.1 Å². The summed E-state index contributed by atoms with van der Waals surface area (Å²) >= 11 is 1.49. The Morgan fingerprint density at radius 1 is 1.37 bits per heavy atom. The Hall–Kier alpha value is -2.65. The fourth-order valence-corrected chi connectivity index (χ4v) is 4.12. The highest BCUT2D eigenvalue weighted by Gasteiger charge is 2.40. The number of carbonyl (C=O) groups excluding carboxylic acids is 2. The topological polar surface area (TPSA) is 112 Å². The quantitative estimate of drug-likeness (QED) is 0.684. The van der Waals surface area contributed by atoms with Gasteiger partial charge < -0.3 is 20.3 Å². The van der Waals surface area contributed by atoms with E-state index >= 15 is 0 Å². The number of ether oxygens (including phenoxy) is 1. The maximum atomic E-state index is 12.7. The molecular weight excluding hydrogens is 406 g/mol. The highest BCUT2D eigenvalue weighted by molar-refractivity contribution is 7.13. The molecular formula is C21H27N3O5S. The van der Waals surface area contributed by atoms with E-state index in [0.717, 1.165) is 16.1 Å². The van der Waals surface area contributed by atoms with E-state index in [1.54, 1.807) is 38.4 Å². The van der Waals surface area contributed by atoms with Gasteiger partial charge in [-0.25, -0.2) is 9.78 Å². The lowest BCUT2D eigenvalue weighted by Gasteiger charge is -2.27. The Bertz CT molecular complexity index is 937. The zero-order valence-electron chi connectivity index (χ0n) is 17.5. The fourth-order valence-electron chi connectivity index (χ4n) is 3.32. The monoisotopic (exact) mass is 433 g/mol. The van der Waals surface area contributed by atoms with Crippen LogP contribution in [0.3, 0.4) is 0 Å². The van der Waals surface area contributed by atoms with Crippen LogP contribution in [0, 0.1) is 6.92 Å². The maximum absolute atomic E-state index is 12.7. The molecule has 1 aromatic heterocycles. The predicted molar refractivity (Wildman–Crippen MR) is 113 cm³/mol. The summed E-state index contributed by atoms with van der Waals surface area (Å²) < 4.78 is 5.34. The molecule has 0 bridgehead atoms. The van der Waals surface area contributed by atoms with Crippen LogP contribution in [0.2, 0.25) is 0 Å². The Morgan fingerprint density at radius 2 is 2.10 bits per heavy atom. The van der Waals surface area contributed by atoms with Gasteiger partial charge in [-0.2, -0.15) is 0 Å². The van der Waals surface area contributed by atoms with Crippen LogP contribution in [-0.4, -0.2) is 56.4 Å². The van der Waals surface area contributed by atoms with Crippen LogP contribution >= 0.6 is 11.3 Å². The second kappa shape index (κ2) is 8.61. The second-order valence-electron chi connectivity index (χ2n) is 8.37. The van der Waals surface area contributed by atoms with Gasteiger partial charge in [0.25, 0.3) is 0 Å². The Kier molecular flexibility index (Phi) is 6.33. The number of hydrogen-bond donors (Lipinski definition) is 3. The van der Waals surface area contributed by atoms with Crippen LogP contribution in [0.4, 0.5) is 4.79 Å². The van der Waals surface area contributed by atoms with Crippen molar-refractivity contribution in [2.45, 2.75) is 58.4 Å². The van der Waals surface area contributed by atoms with E-state index in [9.17, 15) is 19.8 Å². The highest BCUT2D eigenvalue weighted by Crippen LogP contribution is 2.31. The van der Waals surface area contributed by atoms with E-state index in [2.05, 4.69) is 10.3 Å². The van der Waals surface area contributed by atoms with Crippen molar-refractivity contribution in [3.8, 4) is 16.2 Å². The minimum absolute atomic E-state index is 0.0428. The van der Waals surface area contributed by atoms with Gasteiger partial charge in [-0.15, -0.1) is 11.3 Å². The summed E-state index contributed by atoms with van der Waals surface area (Å²) in [5.41, 5.74) is 3.36. The minimum Gasteiger partial charge on any atom is -0.508 e. The largest absolute Gasteiger partial charge is 0.508 e. The number of amides is 2. The summed E-state index contributed by atoms with van der Waals surface area (Å²) in [6.45, 7) is 7.28. The minimum atomic E-state index is -0.823. The number of phenolic OH excluding ortho intramolecular Hbond substituents is 1. The number of likely N-dealkylation sites (tertiary alicyclic amines) is 1. The van der Waals surface area contributed by atoms with Crippen molar-refractivity contribution in [1.82, 2.24) is 15.2 Å². The van der Waals surface area contributed by atoms with Crippen molar-refractivity contribution in [1.29, 1.82) is 0 Å². The molecule has 1 aromatic carbocycles. The number of hydrogen-bond acceptors (Lipinski definition) is 7. The summed E-state index contributed by atoms with van der Waals surface area (Å²) in [6, 6.07) is 4.44. The van der Waals surface area contributed by atoms with Crippen LogP contribution in [-0.2, 0) is 16.1 Å². The third-order valence-corrected chi connectivity index (χ3v) is 5.73. The van der Waals surface area contributed by atoms with Crippen molar-refractivity contribution in [2.24, 2.45) is 0 Å². The molecule has 0 saturated carbocycles. The second-order valence-corrected chi connectivity index (χ2v) is 9.22. The first-order chi connectivity index (χ1) is 14.0. The number of phenols is 1. The number of carbonyl (C=O) groups is 2. The lowest BCUT2D eigenvalue weighted by molar-refractivity contribution is -0.125. The van der Waals surface area contributed by atoms with E-state index < -0.39 is 29.7 Å². The standard InChI is InChI=1S/C21H27N3O5S/c1-12-18(30-11-23-12)13-5-6-14(17(26)7-13)9-22-19(27)16-8-15(25)10-24(16)20(28)29-21(2,3)4/h5-7,11,15-16,25-26H,8-10H2,1-4H3,(H,22,27). The molecule has 30 heavy (non-hydrogen) atoms. The molecule has 1 aliphatic heterocycles. The molecule has 3 rings (SSSR count). The molecule has 2 atom stereocenters. The van der Waals surface area contributed by atoms with Crippen molar-refractivity contribution in [3.63, 3.8) is 0 Å². The molecule has 1 saturated heterocycles. The number of aryl methyl sites for hydroxylation is 1. The Labute approximate surface area is 179 Å². The first kappa shape index (κ1) is 22.0. The molecule has 9 heteroatoms. The maximum Gasteiger partial charge on any atom is 0.411 e. The van der Waals surface area contributed by atoms with Crippen LogP contribution in [0.5, 0.6) is 5.75 Å². The first-order valence-electron chi connectivity index (χ1n) is 9.73.